The van der Waals surface area contributed by atoms with Crippen LogP contribution in [0.2, 0.25) is 0 Å². The van der Waals surface area contributed by atoms with Crippen molar-refractivity contribution in [2.24, 2.45) is 0 Å². The minimum Gasteiger partial charge on any atom is -0.385 e. The van der Waals surface area contributed by atoms with E-state index in [1.807, 2.05) is 0 Å². The van der Waals surface area contributed by atoms with Gasteiger partial charge in [0.05, 0.1) is 80.9 Å². The quantitative estimate of drug-likeness (QED) is 0.113. The molecule has 0 spiro atoms. The molecule has 0 fully saturated rings. The van der Waals surface area contributed by atoms with E-state index in [2.05, 4.69) is 42.0 Å². The number of hydrogen-bond acceptors (Lipinski definition) is 5. The first-order chi connectivity index (χ1) is 17.6. The van der Waals surface area contributed by atoms with Gasteiger partial charge in [-0.05, 0) is 25.7 Å². The molecule has 0 aromatic carbocycles. The van der Waals surface area contributed by atoms with E-state index in [1.165, 1.54) is 77.0 Å². The van der Waals surface area contributed by atoms with Crippen LogP contribution in [0, 0.1) is 0 Å². The molecule has 0 saturated heterocycles. The molecule has 0 rings (SSSR count). The number of aliphatic hydroxyl groups is 2. The number of rotatable bonds is 28. The van der Waals surface area contributed by atoms with E-state index in [0.717, 1.165) is 22.1 Å². The molecule has 2 unspecified atom stereocenters. The van der Waals surface area contributed by atoms with Crippen LogP contribution in [0.25, 0.3) is 0 Å². The lowest BCUT2D eigenvalue weighted by Crippen LogP contribution is -2.47. The van der Waals surface area contributed by atoms with Gasteiger partial charge in [-0.1, -0.05) is 65.2 Å². The van der Waals surface area contributed by atoms with Crippen LogP contribution in [0.3, 0.4) is 0 Å². The van der Waals surface area contributed by atoms with E-state index in [-0.39, 0.29) is 0 Å². The van der Waals surface area contributed by atoms with Crippen molar-refractivity contribution in [3.63, 3.8) is 0 Å². The van der Waals surface area contributed by atoms with Crippen molar-refractivity contribution in [2.75, 3.05) is 94.0 Å². The average Bonchev–Trinajstić information content (AvgIpc) is 2.81. The Balaban J connectivity index is 3.65. The summed E-state index contributed by atoms with van der Waals surface area (Å²) in [6, 6.07) is 0. The van der Waals surface area contributed by atoms with E-state index in [1.54, 1.807) is 0 Å². The summed E-state index contributed by atoms with van der Waals surface area (Å²) in [5, 5.41) is 20.7. The van der Waals surface area contributed by atoms with Gasteiger partial charge >= 0.3 is 0 Å². The maximum absolute atomic E-state index is 10.3. The molecule has 0 radical (unpaired) electrons. The third-order valence-electron chi connectivity index (χ3n) is 7.01. The Morgan fingerprint density at radius 3 is 1.19 bits per heavy atom. The molecule has 37 heavy (non-hydrogen) atoms. The molecule has 0 aromatic rings. The van der Waals surface area contributed by atoms with Crippen LogP contribution in [-0.2, 0) is 14.2 Å². The molecule has 2 N–H and O–H groups in total. The summed E-state index contributed by atoms with van der Waals surface area (Å²) in [4.78, 5) is 0. The van der Waals surface area contributed by atoms with Gasteiger partial charge in [0.1, 0.15) is 25.3 Å². The average molecular weight is 535 g/mol. The third-order valence-corrected chi connectivity index (χ3v) is 7.01. The molecule has 0 bridgehead atoms. The first kappa shape index (κ1) is 36.7. The second-order valence-corrected chi connectivity index (χ2v) is 12.3. The highest BCUT2D eigenvalue weighted by atomic mass is 16.5. The largest absolute Gasteiger partial charge is 0.385 e. The molecule has 0 aliphatic carbocycles. The number of ether oxygens (including phenoxy) is 3. The fourth-order valence-electron chi connectivity index (χ4n) is 4.85. The van der Waals surface area contributed by atoms with E-state index >= 15 is 0 Å². The SMILES string of the molecule is CCCCCCCC[N+](C)(C)CC(O)COCCOCCOCC(O)C[N+](C)(C)CCCCCCCC. The van der Waals surface area contributed by atoms with E-state index < -0.39 is 12.2 Å². The highest BCUT2D eigenvalue weighted by Gasteiger charge is 2.21. The van der Waals surface area contributed by atoms with Crippen molar-refractivity contribution in [3.8, 4) is 0 Å². The minimum atomic E-state index is -0.455. The van der Waals surface area contributed by atoms with Crippen LogP contribution in [0.5, 0.6) is 0 Å². The zero-order valence-electron chi connectivity index (χ0n) is 25.7. The van der Waals surface area contributed by atoms with Gasteiger partial charge in [-0.3, -0.25) is 0 Å². The van der Waals surface area contributed by atoms with E-state index in [9.17, 15) is 10.2 Å². The standard InChI is InChI=1S/C30H66N2O5/c1-7-9-11-13-15-17-19-31(3,4)25-29(33)27-36-23-21-35-22-24-37-28-30(34)26-32(5,6)20-18-16-14-12-10-8-2/h29-30,33-34H,7-28H2,1-6H3/q+2. The maximum atomic E-state index is 10.3. The maximum Gasteiger partial charge on any atom is 0.126 e. The molecule has 2 atom stereocenters. The molecule has 0 amide bonds. The predicted octanol–water partition coefficient (Wildman–Crippen LogP) is 4.63. The zero-order valence-corrected chi connectivity index (χ0v) is 25.7. The Kier molecular flexibility index (Phi) is 23.4. The molecule has 7 nitrogen and oxygen atoms in total. The Bertz CT molecular complexity index is 449. The fraction of sp³-hybridized carbons (Fsp3) is 1.00. The minimum absolute atomic E-state index is 0.344. The van der Waals surface area contributed by atoms with Gasteiger partial charge in [0.2, 0.25) is 0 Å². The highest BCUT2D eigenvalue weighted by Crippen LogP contribution is 2.10. The molecule has 0 heterocycles. The van der Waals surface area contributed by atoms with Crippen molar-refractivity contribution in [1.29, 1.82) is 0 Å². The number of hydrogen-bond donors (Lipinski definition) is 2. The molecular formula is C30H66N2O5+2. The summed E-state index contributed by atoms with van der Waals surface area (Å²) < 4.78 is 18.4. The summed E-state index contributed by atoms with van der Waals surface area (Å²) in [5.74, 6) is 0. The predicted molar refractivity (Wildman–Crippen MR) is 155 cm³/mol. The molecule has 0 saturated carbocycles. The van der Waals surface area contributed by atoms with Crippen LogP contribution in [0.1, 0.15) is 90.9 Å². The van der Waals surface area contributed by atoms with Gasteiger partial charge in [0.15, 0.2) is 0 Å². The van der Waals surface area contributed by atoms with Gasteiger partial charge in [-0.15, -0.1) is 0 Å². The van der Waals surface area contributed by atoms with Gasteiger partial charge in [-0.25, -0.2) is 0 Å². The highest BCUT2D eigenvalue weighted by molar-refractivity contribution is 4.55. The number of unbranched alkanes of at least 4 members (excludes halogenated alkanes) is 10. The van der Waals surface area contributed by atoms with Crippen molar-refractivity contribution in [3.05, 3.63) is 0 Å². The van der Waals surface area contributed by atoms with Crippen LogP contribution in [-0.4, -0.2) is 125 Å². The van der Waals surface area contributed by atoms with Crippen molar-refractivity contribution < 1.29 is 33.4 Å². The normalized spacial score (nSPS) is 14.3. The summed E-state index contributed by atoms with van der Waals surface area (Å²) in [6.07, 6.45) is 14.7. The first-order valence-electron chi connectivity index (χ1n) is 15.3. The van der Waals surface area contributed by atoms with Crippen LogP contribution in [0.4, 0.5) is 0 Å². The summed E-state index contributed by atoms with van der Waals surface area (Å²) >= 11 is 0. The first-order valence-corrected chi connectivity index (χ1v) is 15.3. The third kappa shape index (κ3) is 25.7. The van der Waals surface area contributed by atoms with Gasteiger partial charge in [-0.2, -0.15) is 0 Å². The van der Waals surface area contributed by atoms with Crippen molar-refractivity contribution in [1.82, 2.24) is 0 Å². The molecule has 0 aromatic heterocycles. The van der Waals surface area contributed by atoms with Crippen LogP contribution >= 0.6 is 0 Å². The second kappa shape index (κ2) is 23.6. The number of likely N-dealkylation sites (N-methyl/N-ethyl adjacent to an activating group) is 2. The summed E-state index contributed by atoms with van der Waals surface area (Å²) in [7, 11) is 8.74. The number of nitrogens with zero attached hydrogens (tertiary/aromatic N) is 2. The Morgan fingerprint density at radius 2 is 0.811 bits per heavy atom. The molecule has 224 valence electrons. The molecular weight excluding hydrogens is 468 g/mol. The zero-order chi connectivity index (χ0) is 27.8. The number of aliphatic hydroxyl groups excluding tert-OH is 2. The lowest BCUT2D eigenvalue weighted by molar-refractivity contribution is -0.893. The fourth-order valence-corrected chi connectivity index (χ4v) is 4.85. The van der Waals surface area contributed by atoms with Gasteiger partial charge < -0.3 is 33.4 Å². The van der Waals surface area contributed by atoms with Crippen LogP contribution in [0.15, 0.2) is 0 Å². The molecule has 0 aliphatic rings. The van der Waals surface area contributed by atoms with E-state index in [4.69, 9.17) is 14.2 Å². The van der Waals surface area contributed by atoms with Crippen molar-refractivity contribution in [2.45, 2.75) is 103 Å². The molecule has 7 heteroatoms. The Morgan fingerprint density at radius 1 is 0.486 bits per heavy atom. The smallest absolute Gasteiger partial charge is 0.126 e. The summed E-state index contributed by atoms with van der Waals surface area (Å²) in [5.41, 5.74) is 0. The monoisotopic (exact) mass is 534 g/mol. The lowest BCUT2D eigenvalue weighted by Gasteiger charge is -2.32. The van der Waals surface area contributed by atoms with Crippen molar-refractivity contribution >= 4 is 0 Å². The second-order valence-electron chi connectivity index (χ2n) is 12.3. The van der Waals surface area contributed by atoms with Gasteiger partial charge in [0.25, 0.3) is 0 Å². The Labute approximate surface area is 230 Å². The van der Waals surface area contributed by atoms with E-state index in [0.29, 0.717) is 52.7 Å². The Hall–Kier alpha value is -0.280. The number of quaternary nitrogens is 2. The molecule has 0 aliphatic heterocycles. The van der Waals surface area contributed by atoms with Gasteiger partial charge in [0, 0.05) is 0 Å². The van der Waals surface area contributed by atoms with Crippen LogP contribution < -0.4 is 0 Å². The lowest BCUT2D eigenvalue weighted by atomic mass is 10.1. The summed E-state index contributed by atoms with van der Waals surface area (Å²) in [6.45, 7) is 10.7. The topological polar surface area (TPSA) is 68.2 Å².